The van der Waals surface area contributed by atoms with Gasteiger partial charge in [0, 0.05) is 4.47 Å². The Labute approximate surface area is 85.7 Å². The molecule has 0 saturated heterocycles. The minimum atomic E-state index is -0.381. The van der Waals surface area contributed by atoms with Gasteiger partial charge in [-0.3, -0.25) is 0 Å². The van der Waals surface area contributed by atoms with Crippen LogP contribution in [0.1, 0.15) is 18.9 Å². The van der Waals surface area contributed by atoms with Crippen molar-refractivity contribution in [2.75, 3.05) is 0 Å². The van der Waals surface area contributed by atoms with E-state index in [1.54, 1.807) is 0 Å². The highest BCUT2D eigenvalue weighted by Crippen LogP contribution is 2.16. The van der Waals surface area contributed by atoms with Crippen LogP contribution in [0.3, 0.4) is 0 Å². The molecule has 1 N–H and O–H groups in total. The lowest BCUT2D eigenvalue weighted by atomic mass is 10.1. The Morgan fingerprint density at radius 2 is 2.15 bits per heavy atom. The van der Waals surface area contributed by atoms with E-state index in [1.807, 2.05) is 13.0 Å². The van der Waals surface area contributed by atoms with Crippen LogP contribution in [-0.4, -0.2) is 11.2 Å². The van der Waals surface area contributed by atoms with Gasteiger partial charge < -0.3 is 5.11 Å². The van der Waals surface area contributed by atoms with E-state index < -0.39 is 0 Å². The van der Waals surface area contributed by atoms with E-state index in [-0.39, 0.29) is 11.9 Å². The van der Waals surface area contributed by atoms with E-state index in [4.69, 9.17) is 0 Å². The number of aliphatic hydroxyl groups excluding tert-OH is 1. The molecule has 1 unspecified atom stereocenters. The summed E-state index contributed by atoms with van der Waals surface area (Å²) in [4.78, 5) is 0. The van der Waals surface area contributed by atoms with Gasteiger partial charge in [0.1, 0.15) is 5.82 Å². The van der Waals surface area contributed by atoms with Crippen molar-refractivity contribution in [1.82, 2.24) is 0 Å². The third-order valence-electron chi connectivity index (χ3n) is 1.86. The molecule has 1 aromatic carbocycles. The lowest BCUT2D eigenvalue weighted by molar-refractivity contribution is 0.170. The molecule has 0 saturated carbocycles. The Morgan fingerprint density at radius 3 is 2.69 bits per heavy atom. The molecule has 1 aromatic rings. The summed E-state index contributed by atoms with van der Waals surface area (Å²) < 4.78 is 13.6. The number of hydrogen-bond acceptors (Lipinski definition) is 1. The second-order valence-electron chi connectivity index (χ2n) is 3.04. The van der Waals surface area contributed by atoms with Crippen LogP contribution in [0, 0.1) is 5.82 Å². The first kappa shape index (κ1) is 10.7. The number of halogens is 2. The second kappa shape index (κ2) is 4.72. The molecule has 0 bridgehead atoms. The number of hydrogen-bond donors (Lipinski definition) is 1. The van der Waals surface area contributed by atoms with Crippen LogP contribution in [0.25, 0.3) is 0 Å². The molecule has 0 spiro atoms. The van der Waals surface area contributed by atoms with Crippen molar-refractivity contribution in [2.45, 2.75) is 25.9 Å². The van der Waals surface area contributed by atoms with Crippen molar-refractivity contribution in [3.63, 3.8) is 0 Å². The van der Waals surface area contributed by atoms with Crippen LogP contribution >= 0.6 is 15.9 Å². The first-order valence-corrected chi connectivity index (χ1v) is 5.04. The summed E-state index contributed by atoms with van der Waals surface area (Å²) in [5.41, 5.74) is 0.821. The van der Waals surface area contributed by atoms with Crippen molar-refractivity contribution in [3.05, 3.63) is 34.1 Å². The monoisotopic (exact) mass is 246 g/mol. The molecule has 1 atom stereocenters. The fourth-order valence-corrected chi connectivity index (χ4v) is 1.66. The summed E-state index contributed by atoms with van der Waals surface area (Å²) in [5, 5.41) is 9.36. The Bertz CT molecular complexity index is 268. The minimum absolute atomic E-state index is 0.271. The highest BCUT2D eigenvalue weighted by atomic mass is 79.9. The van der Waals surface area contributed by atoms with Gasteiger partial charge in [0.25, 0.3) is 0 Å². The van der Waals surface area contributed by atoms with Crippen molar-refractivity contribution in [1.29, 1.82) is 0 Å². The number of aliphatic hydroxyl groups is 1. The highest BCUT2D eigenvalue weighted by molar-refractivity contribution is 9.10. The van der Waals surface area contributed by atoms with Crippen LogP contribution in [0.2, 0.25) is 0 Å². The molecule has 3 heteroatoms. The number of benzene rings is 1. The van der Waals surface area contributed by atoms with Gasteiger partial charge in [0.15, 0.2) is 0 Å². The van der Waals surface area contributed by atoms with E-state index in [0.717, 1.165) is 5.56 Å². The van der Waals surface area contributed by atoms with Crippen LogP contribution < -0.4 is 0 Å². The molecule has 72 valence electrons. The van der Waals surface area contributed by atoms with E-state index in [0.29, 0.717) is 17.3 Å². The Kier molecular flexibility index (Phi) is 3.88. The zero-order valence-electron chi connectivity index (χ0n) is 7.43. The fraction of sp³-hybridized carbons (Fsp3) is 0.400. The van der Waals surface area contributed by atoms with Crippen LogP contribution in [-0.2, 0) is 6.42 Å². The van der Waals surface area contributed by atoms with Gasteiger partial charge >= 0.3 is 0 Å². The van der Waals surface area contributed by atoms with Crippen molar-refractivity contribution in [3.8, 4) is 0 Å². The molecular formula is C10H12BrFO. The molecule has 0 fully saturated rings. The zero-order chi connectivity index (χ0) is 9.84. The minimum Gasteiger partial charge on any atom is -0.393 e. The largest absolute Gasteiger partial charge is 0.393 e. The lowest BCUT2D eigenvalue weighted by Gasteiger charge is -2.07. The highest BCUT2D eigenvalue weighted by Gasteiger charge is 2.04. The quantitative estimate of drug-likeness (QED) is 0.870. The summed E-state index contributed by atoms with van der Waals surface area (Å²) in [6.07, 6.45) is 0.815. The van der Waals surface area contributed by atoms with Gasteiger partial charge in [-0.2, -0.15) is 0 Å². The van der Waals surface area contributed by atoms with Gasteiger partial charge in [-0.25, -0.2) is 4.39 Å². The predicted octanol–water partition coefficient (Wildman–Crippen LogP) is 2.90. The van der Waals surface area contributed by atoms with Gasteiger partial charge in [0.2, 0.25) is 0 Å². The molecule has 0 radical (unpaired) electrons. The fourth-order valence-electron chi connectivity index (χ4n) is 1.15. The van der Waals surface area contributed by atoms with E-state index in [2.05, 4.69) is 15.9 Å². The van der Waals surface area contributed by atoms with Gasteiger partial charge in [-0.15, -0.1) is 0 Å². The van der Waals surface area contributed by atoms with Gasteiger partial charge in [-0.05, 0) is 36.6 Å². The van der Waals surface area contributed by atoms with Crippen molar-refractivity contribution >= 4 is 15.9 Å². The SMILES string of the molecule is CCC(O)Cc1cc(F)cc(Br)c1. The zero-order valence-corrected chi connectivity index (χ0v) is 9.01. The van der Waals surface area contributed by atoms with Crippen LogP contribution in [0.15, 0.2) is 22.7 Å². The van der Waals surface area contributed by atoms with Crippen LogP contribution in [0.5, 0.6) is 0 Å². The molecule has 0 aliphatic rings. The second-order valence-corrected chi connectivity index (χ2v) is 3.96. The third-order valence-corrected chi connectivity index (χ3v) is 2.32. The van der Waals surface area contributed by atoms with Crippen molar-refractivity contribution in [2.24, 2.45) is 0 Å². The molecule has 0 aliphatic carbocycles. The van der Waals surface area contributed by atoms with Gasteiger partial charge in [0.05, 0.1) is 6.10 Å². The van der Waals surface area contributed by atoms with Crippen LogP contribution in [0.4, 0.5) is 4.39 Å². The van der Waals surface area contributed by atoms with Gasteiger partial charge in [-0.1, -0.05) is 22.9 Å². The Hall–Kier alpha value is -0.410. The maximum Gasteiger partial charge on any atom is 0.124 e. The Balaban J connectivity index is 2.77. The molecule has 0 aliphatic heterocycles. The van der Waals surface area contributed by atoms with E-state index >= 15 is 0 Å². The normalized spacial score (nSPS) is 12.9. The molecule has 1 rings (SSSR count). The molecule has 1 nitrogen and oxygen atoms in total. The molecular weight excluding hydrogens is 235 g/mol. The summed E-state index contributed by atoms with van der Waals surface area (Å²) in [7, 11) is 0. The van der Waals surface area contributed by atoms with Crippen molar-refractivity contribution < 1.29 is 9.50 Å². The predicted molar refractivity (Wildman–Crippen MR) is 54.1 cm³/mol. The maximum atomic E-state index is 12.9. The Morgan fingerprint density at radius 1 is 1.46 bits per heavy atom. The number of rotatable bonds is 3. The molecule has 13 heavy (non-hydrogen) atoms. The molecule has 0 aromatic heterocycles. The summed E-state index contributed by atoms with van der Waals surface area (Å²) in [6.45, 7) is 1.90. The standard InChI is InChI=1S/C10H12BrFO/c1-2-10(13)5-7-3-8(11)6-9(12)4-7/h3-4,6,10,13H,2,5H2,1H3. The average Bonchev–Trinajstić information content (AvgIpc) is 2.02. The maximum absolute atomic E-state index is 12.9. The van der Waals surface area contributed by atoms with E-state index in [1.165, 1.54) is 12.1 Å². The first-order chi connectivity index (χ1) is 6.11. The topological polar surface area (TPSA) is 20.2 Å². The molecule has 0 amide bonds. The lowest BCUT2D eigenvalue weighted by Crippen LogP contribution is -2.08. The summed E-state index contributed by atoms with van der Waals surface area (Å²) in [6, 6.07) is 4.67. The summed E-state index contributed by atoms with van der Waals surface area (Å²) >= 11 is 3.20. The summed E-state index contributed by atoms with van der Waals surface area (Å²) in [5.74, 6) is -0.271. The van der Waals surface area contributed by atoms with E-state index in [9.17, 15) is 9.50 Å². The molecule has 0 heterocycles. The smallest absolute Gasteiger partial charge is 0.124 e. The average molecular weight is 247 g/mol. The first-order valence-electron chi connectivity index (χ1n) is 4.25. The third kappa shape index (κ3) is 3.44.